The van der Waals surface area contributed by atoms with Gasteiger partial charge in [0.05, 0.1) is 17.2 Å². The quantitative estimate of drug-likeness (QED) is 0.785. The van der Waals surface area contributed by atoms with Crippen LogP contribution in [0, 0.1) is 0 Å². The molecule has 1 aromatic rings. The second-order valence-electron chi connectivity index (χ2n) is 4.70. The number of halogens is 2. The van der Waals surface area contributed by atoms with E-state index >= 15 is 0 Å². The van der Waals surface area contributed by atoms with Crippen LogP contribution in [-0.2, 0) is 19.6 Å². The molecule has 0 aromatic heterocycles. The highest BCUT2D eigenvalue weighted by Gasteiger charge is 2.39. The molecule has 8 heteroatoms. The van der Waals surface area contributed by atoms with Crippen molar-refractivity contribution in [2.45, 2.75) is 30.2 Å². The summed E-state index contributed by atoms with van der Waals surface area (Å²) in [6.45, 7) is 0.255. The molecule has 1 fully saturated rings. The Bertz CT molecular complexity index is 648. The molecule has 1 aliphatic heterocycles. The third-order valence-electron chi connectivity index (χ3n) is 3.43. The van der Waals surface area contributed by atoms with Crippen molar-refractivity contribution in [2.75, 3.05) is 13.7 Å². The number of piperidine rings is 1. The number of nitrogens with zero attached hydrogens (tertiary/aromatic N) is 1. The summed E-state index contributed by atoms with van der Waals surface area (Å²) >= 11 is 11.9. The van der Waals surface area contributed by atoms with Crippen LogP contribution in [0.4, 0.5) is 0 Å². The summed E-state index contributed by atoms with van der Waals surface area (Å²) in [5.41, 5.74) is 0. The van der Waals surface area contributed by atoms with E-state index in [4.69, 9.17) is 27.9 Å². The normalized spacial score (nSPS) is 20.2. The molecule has 5 nitrogen and oxygen atoms in total. The van der Waals surface area contributed by atoms with Gasteiger partial charge in [0.25, 0.3) is 0 Å². The minimum absolute atomic E-state index is 0.0339. The van der Waals surface area contributed by atoms with E-state index in [2.05, 4.69) is 0 Å². The molecule has 0 aliphatic carbocycles. The van der Waals surface area contributed by atoms with Gasteiger partial charge < -0.3 is 4.74 Å². The minimum atomic E-state index is -3.90. The Balaban J connectivity index is 2.46. The van der Waals surface area contributed by atoms with Crippen LogP contribution in [0.2, 0.25) is 10.0 Å². The van der Waals surface area contributed by atoms with E-state index in [-0.39, 0.29) is 21.5 Å². The highest BCUT2D eigenvalue weighted by Crippen LogP contribution is 2.33. The standard InChI is InChI=1S/C13H15Cl2NO4S/c1-20-13(17)10-6-2-3-8-16(10)21(18,19)11-7-4-5-9(14)12(11)15/h4-5,7,10H,2-3,6,8H2,1H3. The zero-order chi connectivity index (χ0) is 15.6. The Labute approximate surface area is 133 Å². The first-order valence-electron chi connectivity index (χ1n) is 6.43. The summed E-state index contributed by atoms with van der Waals surface area (Å²) in [4.78, 5) is 11.7. The number of benzene rings is 1. The minimum Gasteiger partial charge on any atom is -0.468 e. The summed E-state index contributed by atoms with van der Waals surface area (Å²) in [5.74, 6) is -0.559. The molecule has 1 aliphatic rings. The van der Waals surface area contributed by atoms with Gasteiger partial charge in [-0.2, -0.15) is 4.31 Å². The van der Waals surface area contributed by atoms with E-state index in [1.165, 1.54) is 25.3 Å². The Morgan fingerprint density at radius 2 is 2.05 bits per heavy atom. The van der Waals surface area contributed by atoms with Gasteiger partial charge in [0, 0.05) is 6.54 Å². The lowest BCUT2D eigenvalue weighted by Gasteiger charge is -2.32. The third-order valence-corrected chi connectivity index (χ3v) is 6.31. The van der Waals surface area contributed by atoms with Crippen molar-refractivity contribution in [3.63, 3.8) is 0 Å². The number of ether oxygens (including phenoxy) is 1. The number of methoxy groups -OCH3 is 1. The SMILES string of the molecule is COC(=O)C1CCCCN1S(=O)(=O)c1cccc(Cl)c1Cl. The van der Waals surface area contributed by atoms with Crippen LogP contribution >= 0.6 is 23.2 Å². The number of carbonyl (C=O) groups is 1. The maximum Gasteiger partial charge on any atom is 0.324 e. The molecule has 116 valence electrons. The lowest BCUT2D eigenvalue weighted by Crippen LogP contribution is -2.48. The van der Waals surface area contributed by atoms with Crippen LogP contribution in [0.25, 0.3) is 0 Å². The summed E-state index contributed by atoms with van der Waals surface area (Å²) in [6, 6.07) is 3.59. The monoisotopic (exact) mass is 351 g/mol. The predicted molar refractivity (Wildman–Crippen MR) is 80.0 cm³/mol. The Kier molecular flexibility index (Phi) is 5.14. The molecule has 1 heterocycles. The van der Waals surface area contributed by atoms with Gasteiger partial charge >= 0.3 is 5.97 Å². The summed E-state index contributed by atoms with van der Waals surface area (Å²) in [6.07, 6.45) is 1.89. The fourth-order valence-electron chi connectivity index (χ4n) is 2.37. The number of hydrogen-bond donors (Lipinski definition) is 0. The molecule has 0 N–H and O–H groups in total. The Hall–Kier alpha value is -0.820. The van der Waals surface area contributed by atoms with Crippen LogP contribution in [0.5, 0.6) is 0 Å². The molecule has 2 rings (SSSR count). The fraction of sp³-hybridized carbons (Fsp3) is 0.462. The van der Waals surface area contributed by atoms with Crippen molar-refractivity contribution >= 4 is 39.2 Å². The smallest absolute Gasteiger partial charge is 0.324 e. The Morgan fingerprint density at radius 1 is 1.33 bits per heavy atom. The highest BCUT2D eigenvalue weighted by molar-refractivity contribution is 7.89. The Morgan fingerprint density at radius 3 is 2.71 bits per heavy atom. The maximum atomic E-state index is 12.8. The predicted octanol–water partition coefficient (Wildman–Crippen LogP) is 2.71. The maximum absolute atomic E-state index is 12.8. The van der Waals surface area contributed by atoms with Crippen molar-refractivity contribution in [3.8, 4) is 0 Å². The van der Waals surface area contributed by atoms with Crippen molar-refractivity contribution in [1.29, 1.82) is 0 Å². The highest BCUT2D eigenvalue weighted by atomic mass is 35.5. The molecule has 1 unspecified atom stereocenters. The summed E-state index contributed by atoms with van der Waals surface area (Å²) < 4.78 is 31.4. The van der Waals surface area contributed by atoms with Crippen molar-refractivity contribution < 1.29 is 17.9 Å². The third kappa shape index (κ3) is 3.18. The molecule has 1 atom stereocenters. The molecular weight excluding hydrogens is 337 g/mol. The molecule has 0 radical (unpaired) electrons. The van der Waals surface area contributed by atoms with Crippen LogP contribution in [0.3, 0.4) is 0 Å². The van der Waals surface area contributed by atoms with E-state index in [1.54, 1.807) is 0 Å². The molecule has 0 bridgehead atoms. The van der Waals surface area contributed by atoms with Gasteiger partial charge in [-0.15, -0.1) is 0 Å². The topological polar surface area (TPSA) is 63.7 Å². The van der Waals surface area contributed by atoms with E-state index in [1.807, 2.05) is 0 Å². The van der Waals surface area contributed by atoms with E-state index in [9.17, 15) is 13.2 Å². The van der Waals surface area contributed by atoms with Gasteiger partial charge in [-0.05, 0) is 31.4 Å². The molecule has 0 spiro atoms. The van der Waals surface area contributed by atoms with Crippen molar-refractivity contribution in [1.82, 2.24) is 4.31 Å². The van der Waals surface area contributed by atoms with Gasteiger partial charge in [-0.1, -0.05) is 29.3 Å². The number of esters is 1. The fourth-order valence-corrected chi connectivity index (χ4v) is 4.76. The zero-order valence-corrected chi connectivity index (χ0v) is 13.7. The second kappa shape index (κ2) is 6.52. The van der Waals surface area contributed by atoms with Gasteiger partial charge in [0.15, 0.2) is 0 Å². The molecule has 0 amide bonds. The summed E-state index contributed by atoms with van der Waals surface area (Å²) in [7, 11) is -2.66. The number of sulfonamides is 1. The zero-order valence-electron chi connectivity index (χ0n) is 11.4. The molecule has 21 heavy (non-hydrogen) atoms. The van der Waals surface area contributed by atoms with Gasteiger partial charge in [-0.25, -0.2) is 8.42 Å². The van der Waals surface area contributed by atoms with Crippen LogP contribution in [-0.4, -0.2) is 38.4 Å². The summed E-state index contributed by atoms with van der Waals surface area (Å²) in [5, 5.41) is 0.123. The van der Waals surface area contributed by atoms with E-state index in [0.717, 1.165) is 10.7 Å². The van der Waals surface area contributed by atoms with Crippen molar-refractivity contribution in [2.24, 2.45) is 0 Å². The van der Waals surface area contributed by atoms with Gasteiger partial charge in [0.1, 0.15) is 10.9 Å². The average molecular weight is 352 g/mol. The lowest BCUT2D eigenvalue weighted by molar-refractivity contribution is -0.146. The lowest BCUT2D eigenvalue weighted by atomic mass is 10.1. The van der Waals surface area contributed by atoms with Gasteiger partial charge in [0.2, 0.25) is 10.0 Å². The second-order valence-corrected chi connectivity index (χ2v) is 7.35. The van der Waals surface area contributed by atoms with E-state index < -0.39 is 22.0 Å². The van der Waals surface area contributed by atoms with Crippen LogP contribution in [0.15, 0.2) is 23.1 Å². The number of hydrogen-bond acceptors (Lipinski definition) is 4. The van der Waals surface area contributed by atoms with Crippen molar-refractivity contribution in [3.05, 3.63) is 28.2 Å². The first kappa shape index (κ1) is 16.5. The molecule has 1 aromatic carbocycles. The molecular formula is C13H15Cl2NO4S. The first-order valence-corrected chi connectivity index (χ1v) is 8.63. The molecule has 0 saturated carbocycles. The van der Waals surface area contributed by atoms with E-state index in [0.29, 0.717) is 12.8 Å². The largest absolute Gasteiger partial charge is 0.468 e. The molecule has 1 saturated heterocycles. The average Bonchev–Trinajstić information content (AvgIpc) is 2.49. The number of rotatable bonds is 3. The first-order chi connectivity index (χ1) is 9.89. The number of carbonyl (C=O) groups excluding carboxylic acids is 1. The van der Waals surface area contributed by atoms with Crippen LogP contribution in [0.1, 0.15) is 19.3 Å². The van der Waals surface area contributed by atoms with Gasteiger partial charge in [-0.3, -0.25) is 4.79 Å². The van der Waals surface area contributed by atoms with Crippen LogP contribution < -0.4 is 0 Å².